The van der Waals surface area contributed by atoms with Crippen molar-refractivity contribution >= 4 is 5.91 Å². The van der Waals surface area contributed by atoms with Crippen LogP contribution in [0.4, 0.5) is 0 Å². The summed E-state index contributed by atoms with van der Waals surface area (Å²) in [6, 6.07) is 0.486. The molecule has 0 unspecified atom stereocenters. The first-order valence-corrected chi connectivity index (χ1v) is 4.27. The van der Waals surface area contributed by atoms with Gasteiger partial charge in [-0.25, -0.2) is 0 Å². The lowest BCUT2D eigenvalue weighted by molar-refractivity contribution is -0.122. The van der Waals surface area contributed by atoms with Gasteiger partial charge in [-0.05, 0) is 26.3 Å². The summed E-state index contributed by atoms with van der Waals surface area (Å²) < 4.78 is 0. The lowest BCUT2D eigenvalue weighted by atomic mass is 9.93. The first kappa shape index (κ1) is 8.53. The highest BCUT2D eigenvalue weighted by atomic mass is 16.1. The number of hydrogen-bond acceptors (Lipinski definition) is 2. The van der Waals surface area contributed by atoms with Gasteiger partial charge in [0.1, 0.15) is 0 Å². The highest BCUT2D eigenvalue weighted by molar-refractivity contribution is 5.76. The lowest BCUT2D eigenvalue weighted by Gasteiger charge is -2.26. The second-order valence-electron chi connectivity index (χ2n) is 3.05. The molecule has 0 atom stereocenters. The van der Waals surface area contributed by atoms with E-state index >= 15 is 0 Å². The van der Waals surface area contributed by atoms with Crippen molar-refractivity contribution in [3.05, 3.63) is 0 Å². The fourth-order valence-electron chi connectivity index (χ4n) is 1.09. The van der Waals surface area contributed by atoms with Crippen molar-refractivity contribution < 1.29 is 4.79 Å². The highest BCUT2D eigenvalue weighted by Gasteiger charge is 2.18. The van der Waals surface area contributed by atoms with Crippen LogP contribution in [0.2, 0.25) is 0 Å². The summed E-state index contributed by atoms with van der Waals surface area (Å²) in [5.41, 5.74) is 0. The van der Waals surface area contributed by atoms with Gasteiger partial charge < -0.3 is 10.6 Å². The molecule has 3 nitrogen and oxygen atoms in total. The molecule has 1 amide bonds. The third kappa shape index (κ3) is 2.89. The molecule has 2 N–H and O–H groups in total. The van der Waals surface area contributed by atoms with Gasteiger partial charge in [0.15, 0.2) is 0 Å². The first-order chi connectivity index (χ1) is 5.33. The Kier molecular flexibility index (Phi) is 3.36. The Morgan fingerprint density at radius 2 is 2.27 bits per heavy atom. The molecule has 1 saturated carbocycles. The van der Waals surface area contributed by atoms with E-state index < -0.39 is 0 Å². The topological polar surface area (TPSA) is 41.1 Å². The Labute approximate surface area is 67.5 Å². The highest BCUT2D eigenvalue weighted by Crippen LogP contribution is 2.17. The SMILES string of the molecule is CNCCC(=O)NC1CCC1. The predicted molar refractivity (Wildman–Crippen MR) is 44.3 cm³/mol. The number of rotatable bonds is 4. The minimum Gasteiger partial charge on any atom is -0.353 e. The van der Waals surface area contributed by atoms with Crippen LogP contribution in [-0.4, -0.2) is 25.5 Å². The summed E-state index contributed by atoms with van der Waals surface area (Å²) in [7, 11) is 1.86. The van der Waals surface area contributed by atoms with Gasteiger partial charge in [-0.3, -0.25) is 4.79 Å². The van der Waals surface area contributed by atoms with Crippen LogP contribution in [-0.2, 0) is 4.79 Å². The molecule has 3 heteroatoms. The fraction of sp³-hybridized carbons (Fsp3) is 0.875. The van der Waals surface area contributed by atoms with E-state index in [1.807, 2.05) is 7.05 Å². The van der Waals surface area contributed by atoms with E-state index in [1.54, 1.807) is 0 Å². The van der Waals surface area contributed by atoms with Crippen molar-refractivity contribution in [1.82, 2.24) is 10.6 Å². The molecule has 0 aliphatic heterocycles. The van der Waals surface area contributed by atoms with Crippen molar-refractivity contribution in [1.29, 1.82) is 0 Å². The molecule has 11 heavy (non-hydrogen) atoms. The van der Waals surface area contributed by atoms with Crippen LogP contribution < -0.4 is 10.6 Å². The summed E-state index contributed by atoms with van der Waals surface area (Å²) in [6.45, 7) is 0.776. The molecule has 0 radical (unpaired) electrons. The van der Waals surface area contributed by atoms with Crippen molar-refractivity contribution in [3.63, 3.8) is 0 Å². The van der Waals surface area contributed by atoms with E-state index in [-0.39, 0.29) is 5.91 Å². The summed E-state index contributed by atoms with van der Waals surface area (Å²) in [5.74, 6) is 0.184. The molecule has 0 heterocycles. The lowest BCUT2D eigenvalue weighted by Crippen LogP contribution is -2.40. The minimum atomic E-state index is 0.184. The predicted octanol–water partition coefficient (Wildman–Crippen LogP) is 0.265. The molecule has 1 rings (SSSR count). The molecule has 0 aromatic rings. The van der Waals surface area contributed by atoms with Gasteiger partial charge in [0.05, 0.1) is 0 Å². The largest absolute Gasteiger partial charge is 0.353 e. The monoisotopic (exact) mass is 156 g/mol. The van der Waals surface area contributed by atoms with E-state index in [1.165, 1.54) is 19.3 Å². The molecule has 0 aromatic heterocycles. The third-order valence-corrected chi connectivity index (χ3v) is 2.07. The second kappa shape index (κ2) is 4.34. The normalized spacial score (nSPS) is 17.5. The van der Waals surface area contributed by atoms with Crippen LogP contribution >= 0.6 is 0 Å². The zero-order valence-electron chi connectivity index (χ0n) is 7.02. The first-order valence-electron chi connectivity index (χ1n) is 4.27. The molecule has 1 aliphatic carbocycles. The number of amides is 1. The van der Waals surface area contributed by atoms with Gasteiger partial charge in [0.2, 0.25) is 5.91 Å². The van der Waals surface area contributed by atoms with E-state index in [9.17, 15) is 4.79 Å². The van der Waals surface area contributed by atoms with E-state index in [4.69, 9.17) is 0 Å². The standard InChI is InChI=1S/C8H16N2O/c1-9-6-5-8(11)10-7-3-2-4-7/h7,9H,2-6H2,1H3,(H,10,11). The molecule has 0 spiro atoms. The maximum atomic E-state index is 11.1. The minimum absolute atomic E-state index is 0.184. The Morgan fingerprint density at radius 3 is 2.73 bits per heavy atom. The number of hydrogen-bond donors (Lipinski definition) is 2. The van der Waals surface area contributed by atoms with Crippen LogP contribution in [0.5, 0.6) is 0 Å². The quantitative estimate of drug-likeness (QED) is 0.613. The van der Waals surface area contributed by atoms with Gasteiger partial charge in [0.25, 0.3) is 0 Å². The molecular weight excluding hydrogens is 140 g/mol. The van der Waals surface area contributed by atoms with Crippen LogP contribution in [0, 0.1) is 0 Å². The Hall–Kier alpha value is -0.570. The summed E-state index contributed by atoms with van der Waals surface area (Å²) in [5, 5.41) is 5.92. The summed E-state index contributed by atoms with van der Waals surface area (Å²) in [6.07, 6.45) is 4.22. The molecule has 1 fully saturated rings. The molecule has 1 aliphatic rings. The van der Waals surface area contributed by atoms with Gasteiger partial charge in [0, 0.05) is 19.0 Å². The van der Waals surface area contributed by atoms with E-state index in [0.29, 0.717) is 12.5 Å². The van der Waals surface area contributed by atoms with E-state index in [2.05, 4.69) is 10.6 Å². The molecule has 0 aromatic carbocycles. The van der Waals surface area contributed by atoms with Crippen molar-refractivity contribution in [2.24, 2.45) is 0 Å². The van der Waals surface area contributed by atoms with Gasteiger partial charge in [-0.1, -0.05) is 0 Å². The van der Waals surface area contributed by atoms with Gasteiger partial charge in [-0.15, -0.1) is 0 Å². The maximum Gasteiger partial charge on any atom is 0.221 e. The zero-order valence-corrected chi connectivity index (χ0v) is 7.02. The summed E-state index contributed by atoms with van der Waals surface area (Å²) in [4.78, 5) is 11.1. The number of nitrogens with one attached hydrogen (secondary N) is 2. The van der Waals surface area contributed by atoms with Crippen LogP contribution in [0.25, 0.3) is 0 Å². The Balaban J connectivity index is 2.00. The summed E-state index contributed by atoms with van der Waals surface area (Å²) >= 11 is 0. The molecule has 64 valence electrons. The van der Waals surface area contributed by atoms with Crippen LogP contribution in [0.1, 0.15) is 25.7 Å². The van der Waals surface area contributed by atoms with Gasteiger partial charge >= 0.3 is 0 Å². The zero-order chi connectivity index (χ0) is 8.10. The average molecular weight is 156 g/mol. The third-order valence-electron chi connectivity index (χ3n) is 2.07. The number of carbonyl (C=O) groups excluding carboxylic acids is 1. The maximum absolute atomic E-state index is 11.1. The fourth-order valence-corrected chi connectivity index (χ4v) is 1.09. The Morgan fingerprint density at radius 1 is 1.55 bits per heavy atom. The molecule has 0 bridgehead atoms. The average Bonchev–Trinajstić information content (AvgIpc) is 1.93. The van der Waals surface area contributed by atoms with E-state index in [0.717, 1.165) is 6.54 Å². The van der Waals surface area contributed by atoms with Crippen molar-refractivity contribution in [2.45, 2.75) is 31.7 Å². The number of carbonyl (C=O) groups is 1. The van der Waals surface area contributed by atoms with Crippen molar-refractivity contribution in [2.75, 3.05) is 13.6 Å². The molecule has 0 saturated heterocycles. The smallest absolute Gasteiger partial charge is 0.221 e. The second-order valence-corrected chi connectivity index (χ2v) is 3.05. The van der Waals surface area contributed by atoms with Crippen LogP contribution in [0.3, 0.4) is 0 Å². The Bertz CT molecular complexity index is 132. The molecular formula is C8H16N2O. The van der Waals surface area contributed by atoms with Crippen molar-refractivity contribution in [3.8, 4) is 0 Å². The van der Waals surface area contributed by atoms with Gasteiger partial charge in [-0.2, -0.15) is 0 Å². The van der Waals surface area contributed by atoms with Crippen LogP contribution in [0.15, 0.2) is 0 Å².